The molecule has 2 atom stereocenters. The highest BCUT2D eigenvalue weighted by molar-refractivity contribution is 7.16. The van der Waals surface area contributed by atoms with E-state index in [0.29, 0.717) is 17.5 Å². The monoisotopic (exact) mass is 663 g/mol. The number of fused-ring (bicyclic) bond motifs is 4. The van der Waals surface area contributed by atoms with Gasteiger partial charge in [-0.2, -0.15) is 0 Å². The van der Waals surface area contributed by atoms with Crippen molar-refractivity contribution in [3.8, 4) is 10.4 Å². The summed E-state index contributed by atoms with van der Waals surface area (Å²) in [5.74, 6) is 0.608. The predicted octanol–water partition coefficient (Wildman–Crippen LogP) is 12.4. The Hall–Kier alpha value is -5.51. The van der Waals surface area contributed by atoms with Crippen LogP contribution in [0, 0.1) is 6.92 Å². The number of anilines is 2. The third-order valence-electron chi connectivity index (χ3n) is 10.7. The summed E-state index contributed by atoms with van der Waals surface area (Å²) in [6.07, 6.45) is 8.02. The number of nitrogens with zero attached hydrogens (tertiary/aromatic N) is 1. The standard InChI is InChI=1S/C47H37NOS/c1-30-16-23-39-40(26-30)31(2)41(47(39)49)29-37-22-25-46(50-37)35-19-24-45-43(28-35)38-14-9-15-44(38)48(45)36-20-17-32(18-21-36)27-42(33-10-5-3-6-11-33)34-12-7-4-8-13-34/h3-8,10-13,16-29,38,44H,2,9,14-15H2,1H3/b41-29-. The van der Waals surface area contributed by atoms with Gasteiger partial charge in [-0.1, -0.05) is 116 Å². The summed E-state index contributed by atoms with van der Waals surface area (Å²) in [4.78, 5) is 18.1. The molecule has 1 aromatic heterocycles. The molecule has 0 bridgehead atoms. The van der Waals surface area contributed by atoms with Crippen molar-refractivity contribution in [1.29, 1.82) is 0 Å². The van der Waals surface area contributed by atoms with Gasteiger partial charge in [0.2, 0.25) is 0 Å². The van der Waals surface area contributed by atoms with Crippen LogP contribution in [-0.4, -0.2) is 11.8 Å². The quantitative estimate of drug-likeness (QED) is 0.131. The Labute approximate surface area is 298 Å². The maximum Gasteiger partial charge on any atom is 0.194 e. The number of aryl methyl sites for hydroxylation is 1. The van der Waals surface area contributed by atoms with E-state index in [4.69, 9.17) is 0 Å². The van der Waals surface area contributed by atoms with Crippen molar-refractivity contribution in [3.05, 3.63) is 189 Å². The molecule has 50 heavy (non-hydrogen) atoms. The summed E-state index contributed by atoms with van der Waals surface area (Å²) in [6, 6.07) is 48.3. The number of Topliss-reactive ketones (excluding diaryl/α,β-unsaturated/α-hetero) is 1. The molecule has 0 radical (unpaired) electrons. The molecule has 0 N–H and O–H groups in total. The van der Waals surface area contributed by atoms with Crippen molar-refractivity contribution in [2.75, 3.05) is 4.90 Å². The molecule has 1 fully saturated rings. The van der Waals surface area contributed by atoms with E-state index in [2.05, 4.69) is 146 Å². The van der Waals surface area contributed by atoms with Crippen LogP contribution in [-0.2, 0) is 0 Å². The predicted molar refractivity (Wildman–Crippen MR) is 211 cm³/mol. The molecular weight excluding hydrogens is 627 g/mol. The van der Waals surface area contributed by atoms with Crippen LogP contribution >= 0.6 is 11.3 Å². The second-order valence-electron chi connectivity index (χ2n) is 13.7. The lowest BCUT2D eigenvalue weighted by atomic mass is 9.95. The van der Waals surface area contributed by atoms with Gasteiger partial charge in [0.05, 0.1) is 0 Å². The summed E-state index contributed by atoms with van der Waals surface area (Å²) in [6.45, 7) is 6.34. The van der Waals surface area contributed by atoms with E-state index in [1.807, 2.05) is 18.2 Å². The van der Waals surface area contributed by atoms with Crippen LogP contribution < -0.4 is 4.90 Å². The van der Waals surface area contributed by atoms with Crippen molar-refractivity contribution in [2.45, 2.75) is 38.1 Å². The summed E-state index contributed by atoms with van der Waals surface area (Å²) < 4.78 is 0. The van der Waals surface area contributed by atoms with Crippen LogP contribution in [0.25, 0.3) is 33.7 Å². The zero-order valence-electron chi connectivity index (χ0n) is 28.1. The Morgan fingerprint density at radius 2 is 1.52 bits per heavy atom. The number of carbonyl (C=O) groups is 1. The fourth-order valence-corrected chi connectivity index (χ4v) is 9.17. The smallest absolute Gasteiger partial charge is 0.194 e. The normalized spacial score (nSPS) is 18.3. The first-order valence-electron chi connectivity index (χ1n) is 17.5. The average molecular weight is 664 g/mol. The molecule has 5 aromatic carbocycles. The molecule has 2 heterocycles. The summed E-state index contributed by atoms with van der Waals surface area (Å²) in [5.41, 5.74) is 14.5. The molecule has 2 unspecified atom stereocenters. The van der Waals surface area contributed by atoms with Gasteiger partial charge in [0.1, 0.15) is 0 Å². The number of allylic oxidation sites excluding steroid dienone is 2. The number of hydrogen-bond donors (Lipinski definition) is 0. The molecule has 0 spiro atoms. The second kappa shape index (κ2) is 12.4. The van der Waals surface area contributed by atoms with Gasteiger partial charge in [0.25, 0.3) is 0 Å². The molecule has 9 rings (SSSR count). The van der Waals surface area contributed by atoms with Crippen LogP contribution in [0.4, 0.5) is 11.4 Å². The van der Waals surface area contributed by atoms with Crippen molar-refractivity contribution < 1.29 is 4.79 Å². The molecule has 3 heteroatoms. The Morgan fingerprint density at radius 3 is 2.26 bits per heavy atom. The van der Waals surface area contributed by atoms with Gasteiger partial charge >= 0.3 is 0 Å². The summed E-state index contributed by atoms with van der Waals surface area (Å²) in [7, 11) is 0. The van der Waals surface area contributed by atoms with E-state index in [9.17, 15) is 4.79 Å². The number of rotatable bonds is 6. The molecule has 2 aliphatic carbocycles. The zero-order chi connectivity index (χ0) is 33.8. The van der Waals surface area contributed by atoms with Crippen molar-refractivity contribution >= 4 is 51.8 Å². The Bertz CT molecular complexity index is 2300. The minimum atomic E-state index is 0.0710. The maximum atomic E-state index is 13.2. The van der Waals surface area contributed by atoms with Gasteiger partial charge < -0.3 is 4.90 Å². The molecule has 1 saturated carbocycles. The number of benzene rings is 5. The first-order chi connectivity index (χ1) is 24.5. The average Bonchev–Trinajstić information content (AvgIpc) is 3.94. The molecule has 242 valence electrons. The third kappa shape index (κ3) is 5.30. The third-order valence-corrected chi connectivity index (χ3v) is 11.7. The first kappa shape index (κ1) is 30.5. The largest absolute Gasteiger partial charge is 0.338 e. The summed E-state index contributed by atoms with van der Waals surface area (Å²) in [5, 5.41) is 0. The minimum absolute atomic E-state index is 0.0710. The molecule has 1 aliphatic heterocycles. The van der Waals surface area contributed by atoms with E-state index in [1.165, 1.54) is 68.9 Å². The molecule has 3 aliphatic rings. The minimum Gasteiger partial charge on any atom is -0.338 e. The Balaban J connectivity index is 1.00. The van der Waals surface area contributed by atoms with E-state index in [-0.39, 0.29) is 5.78 Å². The summed E-state index contributed by atoms with van der Waals surface area (Å²) >= 11 is 1.74. The molecular formula is C47H37NOS. The molecule has 0 saturated heterocycles. The topological polar surface area (TPSA) is 20.3 Å². The lowest BCUT2D eigenvalue weighted by molar-refractivity contribution is 0.104. The number of thiophene rings is 1. The van der Waals surface area contributed by atoms with E-state index < -0.39 is 0 Å². The Kier molecular flexibility index (Phi) is 7.59. The lowest BCUT2D eigenvalue weighted by Crippen LogP contribution is -2.26. The van der Waals surface area contributed by atoms with Crippen molar-refractivity contribution in [3.63, 3.8) is 0 Å². The van der Waals surface area contributed by atoms with Crippen LogP contribution in [0.3, 0.4) is 0 Å². The van der Waals surface area contributed by atoms with Gasteiger partial charge in [-0.05, 0) is 113 Å². The van der Waals surface area contributed by atoms with Gasteiger partial charge in [0, 0.05) is 44.2 Å². The van der Waals surface area contributed by atoms with Crippen LogP contribution in [0.1, 0.15) is 73.8 Å². The highest BCUT2D eigenvalue weighted by Gasteiger charge is 2.42. The SMILES string of the molecule is C=C1/C(=C/c2ccc(-c3ccc4c(c3)C3CCCC3N4c3ccc(C=C(c4ccccc4)c4ccccc4)cc3)s2)C(=O)c2ccc(C)cc21. The number of hydrogen-bond acceptors (Lipinski definition) is 3. The van der Waals surface area contributed by atoms with Gasteiger partial charge in [-0.15, -0.1) is 11.3 Å². The molecule has 6 aromatic rings. The molecule has 2 nitrogen and oxygen atoms in total. The van der Waals surface area contributed by atoms with Crippen LogP contribution in [0.15, 0.2) is 146 Å². The highest BCUT2D eigenvalue weighted by atomic mass is 32.1. The number of carbonyl (C=O) groups excluding carboxylic acids is 1. The fraction of sp³-hybridized carbons (Fsp3) is 0.128. The highest BCUT2D eigenvalue weighted by Crippen LogP contribution is 2.53. The van der Waals surface area contributed by atoms with Crippen molar-refractivity contribution in [2.24, 2.45) is 0 Å². The maximum absolute atomic E-state index is 13.2. The van der Waals surface area contributed by atoms with Crippen LogP contribution in [0.5, 0.6) is 0 Å². The first-order valence-corrected chi connectivity index (χ1v) is 18.4. The van der Waals surface area contributed by atoms with E-state index in [0.717, 1.165) is 27.1 Å². The van der Waals surface area contributed by atoms with E-state index in [1.54, 1.807) is 11.3 Å². The fourth-order valence-electron chi connectivity index (χ4n) is 8.23. The zero-order valence-corrected chi connectivity index (χ0v) is 28.9. The van der Waals surface area contributed by atoms with Gasteiger partial charge in [0.15, 0.2) is 5.78 Å². The van der Waals surface area contributed by atoms with Gasteiger partial charge in [-0.3, -0.25) is 4.79 Å². The number of ketones is 1. The second-order valence-corrected chi connectivity index (χ2v) is 14.9. The van der Waals surface area contributed by atoms with Crippen molar-refractivity contribution in [1.82, 2.24) is 0 Å². The Morgan fingerprint density at radius 1 is 0.780 bits per heavy atom. The molecule has 0 amide bonds. The van der Waals surface area contributed by atoms with Crippen LogP contribution in [0.2, 0.25) is 0 Å². The lowest BCUT2D eigenvalue weighted by Gasteiger charge is -2.27. The van der Waals surface area contributed by atoms with E-state index >= 15 is 0 Å². The van der Waals surface area contributed by atoms with Gasteiger partial charge in [-0.25, -0.2) is 0 Å².